The molecule has 26 heavy (non-hydrogen) atoms. The van der Waals surface area contributed by atoms with E-state index in [1.165, 1.54) is 13.0 Å². The summed E-state index contributed by atoms with van der Waals surface area (Å²) in [6, 6.07) is 8.18. The van der Waals surface area contributed by atoms with Crippen molar-refractivity contribution in [3.63, 3.8) is 0 Å². The molecule has 0 saturated heterocycles. The van der Waals surface area contributed by atoms with E-state index in [0.717, 1.165) is 35.5 Å². The van der Waals surface area contributed by atoms with Crippen LogP contribution in [0, 0.1) is 11.6 Å². The molecule has 7 heteroatoms. The molecule has 1 atom stereocenters. The SMILES string of the molecule is CC(=O)N1CCc2cc(NC(C)C(=O)Nc3ccc(F)c(F)c3)ccc21. The van der Waals surface area contributed by atoms with Gasteiger partial charge in [-0.2, -0.15) is 0 Å². The number of carbonyl (C=O) groups is 2. The predicted octanol–water partition coefficient (Wildman–Crippen LogP) is 3.31. The summed E-state index contributed by atoms with van der Waals surface area (Å²) < 4.78 is 26.2. The minimum absolute atomic E-state index is 0.00346. The molecule has 2 aromatic carbocycles. The van der Waals surface area contributed by atoms with Crippen LogP contribution < -0.4 is 15.5 Å². The Morgan fingerprint density at radius 2 is 1.81 bits per heavy atom. The first-order valence-electron chi connectivity index (χ1n) is 8.28. The lowest BCUT2D eigenvalue weighted by molar-refractivity contribution is -0.117. The van der Waals surface area contributed by atoms with Gasteiger partial charge in [-0.15, -0.1) is 0 Å². The van der Waals surface area contributed by atoms with Gasteiger partial charge >= 0.3 is 0 Å². The molecule has 0 aromatic heterocycles. The van der Waals surface area contributed by atoms with Crippen molar-refractivity contribution in [2.24, 2.45) is 0 Å². The molecule has 0 saturated carbocycles. The molecule has 2 N–H and O–H groups in total. The van der Waals surface area contributed by atoms with Crippen molar-refractivity contribution >= 4 is 28.9 Å². The average Bonchev–Trinajstić information content (AvgIpc) is 3.01. The minimum atomic E-state index is -1.02. The largest absolute Gasteiger partial charge is 0.374 e. The summed E-state index contributed by atoms with van der Waals surface area (Å²) in [6.45, 7) is 3.86. The highest BCUT2D eigenvalue weighted by atomic mass is 19.2. The molecule has 1 unspecified atom stereocenters. The lowest BCUT2D eigenvalue weighted by Crippen LogP contribution is -2.32. The Kier molecular flexibility index (Phi) is 4.88. The van der Waals surface area contributed by atoms with Crippen LogP contribution >= 0.6 is 0 Å². The summed E-state index contributed by atoms with van der Waals surface area (Å²) in [5.74, 6) is -2.35. The normalized spacial score (nSPS) is 13.9. The molecule has 5 nitrogen and oxygen atoms in total. The molecule has 1 aliphatic heterocycles. The molecule has 0 bridgehead atoms. The van der Waals surface area contributed by atoms with Crippen LogP contribution in [0.15, 0.2) is 36.4 Å². The zero-order valence-corrected chi connectivity index (χ0v) is 14.5. The number of hydrogen-bond acceptors (Lipinski definition) is 3. The Hall–Kier alpha value is -2.96. The first-order chi connectivity index (χ1) is 12.3. The second-order valence-electron chi connectivity index (χ2n) is 6.25. The molecule has 0 aliphatic carbocycles. The first-order valence-corrected chi connectivity index (χ1v) is 8.28. The van der Waals surface area contributed by atoms with Crippen molar-refractivity contribution < 1.29 is 18.4 Å². The average molecular weight is 359 g/mol. The number of hydrogen-bond donors (Lipinski definition) is 2. The molecule has 2 amide bonds. The molecule has 1 heterocycles. The molecular weight excluding hydrogens is 340 g/mol. The Morgan fingerprint density at radius 3 is 2.50 bits per heavy atom. The standard InChI is InChI=1S/C19H19F2N3O2/c1-11(19(26)23-15-3-5-16(20)17(21)10-15)22-14-4-6-18-13(9-14)7-8-24(18)12(2)25/h3-6,9-11,22H,7-8H2,1-2H3,(H,23,26). The summed E-state index contributed by atoms with van der Waals surface area (Å²) in [6.07, 6.45) is 0.764. The summed E-state index contributed by atoms with van der Waals surface area (Å²) in [5.41, 5.74) is 2.87. The van der Waals surface area contributed by atoms with Crippen LogP contribution in [-0.2, 0) is 16.0 Å². The maximum absolute atomic E-state index is 13.2. The Labute approximate surface area is 150 Å². The lowest BCUT2D eigenvalue weighted by atomic mass is 10.1. The van der Waals surface area contributed by atoms with Crippen LogP contribution in [0.3, 0.4) is 0 Å². The Morgan fingerprint density at radius 1 is 1.08 bits per heavy atom. The van der Waals surface area contributed by atoms with Crippen molar-refractivity contribution in [1.82, 2.24) is 0 Å². The number of amides is 2. The van der Waals surface area contributed by atoms with Crippen molar-refractivity contribution in [3.8, 4) is 0 Å². The highest BCUT2D eigenvalue weighted by molar-refractivity contribution is 5.97. The van der Waals surface area contributed by atoms with Gasteiger partial charge < -0.3 is 15.5 Å². The fourth-order valence-electron chi connectivity index (χ4n) is 2.96. The highest BCUT2D eigenvalue weighted by Crippen LogP contribution is 2.30. The van der Waals surface area contributed by atoms with E-state index in [-0.39, 0.29) is 17.5 Å². The van der Waals surface area contributed by atoms with Gasteiger partial charge in [0.15, 0.2) is 11.6 Å². The van der Waals surface area contributed by atoms with Crippen molar-refractivity contribution in [3.05, 3.63) is 53.6 Å². The van der Waals surface area contributed by atoms with Crippen LogP contribution in [0.4, 0.5) is 25.8 Å². The molecule has 2 aromatic rings. The summed E-state index contributed by atoms with van der Waals surface area (Å²) in [4.78, 5) is 25.6. The fraction of sp³-hybridized carbons (Fsp3) is 0.263. The number of halogens is 2. The molecule has 136 valence electrons. The zero-order chi connectivity index (χ0) is 18.8. The van der Waals surface area contributed by atoms with E-state index in [1.54, 1.807) is 17.9 Å². The molecule has 0 spiro atoms. The van der Waals surface area contributed by atoms with Crippen LogP contribution in [0.1, 0.15) is 19.4 Å². The van der Waals surface area contributed by atoms with Gasteiger partial charge in [0.2, 0.25) is 11.8 Å². The van der Waals surface area contributed by atoms with E-state index >= 15 is 0 Å². The summed E-state index contributed by atoms with van der Waals surface area (Å²) in [5, 5.41) is 5.62. The first kappa shape index (κ1) is 17.8. The number of nitrogens with one attached hydrogen (secondary N) is 2. The van der Waals surface area contributed by atoms with Gasteiger partial charge in [0.25, 0.3) is 0 Å². The van der Waals surface area contributed by atoms with Gasteiger partial charge in [0.05, 0.1) is 0 Å². The van der Waals surface area contributed by atoms with Gasteiger partial charge in [0.1, 0.15) is 6.04 Å². The predicted molar refractivity (Wildman–Crippen MR) is 96.2 cm³/mol. The van der Waals surface area contributed by atoms with Crippen LogP contribution in [0.2, 0.25) is 0 Å². The third-order valence-electron chi connectivity index (χ3n) is 4.32. The maximum Gasteiger partial charge on any atom is 0.246 e. The minimum Gasteiger partial charge on any atom is -0.374 e. The third kappa shape index (κ3) is 3.66. The second kappa shape index (κ2) is 7.11. The number of benzene rings is 2. The summed E-state index contributed by atoms with van der Waals surface area (Å²) >= 11 is 0. The van der Waals surface area contributed by atoms with Gasteiger partial charge in [-0.25, -0.2) is 8.78 Å². The smallest absolute Gasteiger partial charge is 0.246 e. The second-order valence-corrected chi connectivity index (χ2v) is 6.25. The number of nitrogens with zero attached hydrogens (tertiary/aromatic N) is 1. The van der Waals surface area contributed by atoms with Crippen molar-refractivity contribution in [2.75, 3.05) is 22.1 Å². The van der Waals surface area contributed by atoms with Crippen molar-refractivity contribution in [2.45, 2.75) is 26.3 Å². The van der Waals surface area contributed by atoms with Gasteiger partial charge in [-0.1, -0.05) is 0 Å². The highest BCUT2D eigenvalue weighted by Gasteiger charge is 2.22. The lowest BCUT2D eigenvalue weighted by Gasteiger charge is -2.18. The molecular formula is C19H19F2N3O2. The Balaban J connectivity index is 1.66. The van der Waals surface area contributed by atoms with Crippen LogP contribution in [0.5, 0.6) is 0 Å². The van der Waals surface area contributed by atoms with Gasteiger partial charge in [-0.3, -0.25) is 9.59 Å². The van der Waals surface area contributed by atoms with E-state index in [1.807, 2.05) is 12.1 Å². The summed E-state index contributed by atoms with van der Waals surface area (Å²) in [7, 11) is 0. The van der Waals surface area contributed by atoms with Crippen LogP contribution in [-0.4, -0.2) is 24.4 Å². The van der Waals surface area contributed by atoms with Gasteiger partial charge in [-0.05, 0) is 49.2 Å². The van der Waals surface area contributed by atoms with Crippen molar-refractivity contribution in [1.29, 1.82) is 0 Å². The topological polar surface area (TPSA) is 61.4 Å². The quantitative estimate of drug-likeness (QED) is 0.880. The zero-order valence-electron chi connectivity index (χ0n) is 14.5. The number of carbonyl (C=O) groups excluding carboxylic acids is 2. The third-order valence-corrected chi connectivity index (χ3v) is 4.32. The maximum atomic E-state index is 13.2. The molecule has 3 rings (SSSR count). The van der Waals surface area contributed by atoms with Gasteiger partial charge in [0, 0.05) is 36.6 Å². The molecule has 1 aliphatic rings. The van der Waals surface area contributed by atoms with E-state index < -0.39 is 17.7 Å². The number of rotatable bonds is 4. The van der Waals surface area contributed by atoms with E-state index in [2.05, 4.69) is 10.6 Å². The molecule has 0 radical (unpaired) electrons. The monoisotopic (exact) mass is 359 g/mol. The fourth-order valence-corrected chi connectivity index (χ4v) is 2.96. The van der Waals surface area contributed by atoms with Crippen LogP contribution in [0.25, 0.3) is 0 Å². The number of anilines is 3. The Bertz CT molecular complexity index is 870. The van der Waals surface area contributed by atoms with E-state index in [9.17, 15) is 18.4 Å². The van der Waals surface area contributed by atoms with E-state index in [0.29, 0.717) is 6.54 Å². The number of fused-ring (bicyclic) bond motifs is 1. The van der Waals surface area contributed by atoms with E-state index in [4.69, 9.17) is 0 Å². The molecule has 0 fully saturated rings.